The summed E-state index contributed by atoms with van der Waals surface area (Å²) in [6.07, 6.45) is 14.2. The lowest BCUT2D eigenvalue weighted by molar-refractivity contribution is 0.0277. The molecule has 4 nitrogen and oxygen atoms in total. The maximum atomic E-state index is 5.96. The number of ether oxygens (including phenoxy) is 1. The van der Waals surface area contributed by atoms with Gasteiger partial charge in [-0.1, -0.05) is 19.3 Å². The van der Waals surface area contributed by atoms with E-state index in [1.165, 1.54) is 51.4 Å². The van der Waals surface area contributed by atoms with Crippen molar-refractivity contribution in [3.05, 3.63) is 0 Å². The largest absolute Gasteiger partial charge is 0.378 e. The van der Waals surface area contributed by atoms with Crippen molar-refractivity contribution in [1.82, 2.24) is 10.6 Å². The molecule has 0 amide bonds. The molecule has 22 heavy (non-hydrogen) atoms. The third kappa shape index (κ3) is 6.37. The number of nitrogens with zero attached hydrogens (tertiary/aromatic N) is 1. The van der Waals surface area contributed by atoms with E-state index >= 15 is 0 Å². The van der Waals surface area contributed by atoms with E-state index in [0.717, 1.165) is 30.8 Å². The van der Waals surface area contributed by atoms with Gasteiger partial charge in [-0.05, 0) is 44.8 Å². The number of aliphatic imine (C=N–C) groups is 1. The van der Waals surface area contributed by atoms with Crippen molar-refractivity contribution in [2.24, 2.45) is 4.99 Å². The first-order chi connectivity index (χ1) is 10.8. The Morgan fingerprint density at radius 2 is 2.00 bits per heavy atom. The first-order valence-corrected chi connectivity index (χ1v) is 10.2. The number of rotatable bonds is 7. The summed E-state index contributed by atoms with van der Waals surface area (Å²) in [5.41, 5.74) is 0. The molecule has 0 saturated heterocycles. The van der Waals surface area contributed by atoms with Crippen LogP contribution in [0.1, 0.15) is 57.8 Å². The SMILES string of the molecule is CN=C(NCCCOC1CCCCC1)NC1CCC(SC)C1. The Hall–Kier alpha value is -0.420. The van der Waals surface area contributed by atoms with Gasteiger partial charge in [0, 0.05) is 31.5 Å². The van der Waals surface area contributed by atoms with Gasteiger partial charge in [-0.15, -0.1) is 0 Å². The molecule has 2 fully saturated rings. The molecule has 0 aromatic heterocycles. The first-order valence-electron chi connectivity index (χ1n) is 8.93. The lowest BCUT2D eigenvalue weighted by atomic mass is 9.98. The highest BCUT2D eigenvalue weighted by Gasteiger charge is 2.24. The molecule has 2 aliphatic rings. The van der Waals surface area contributed by atoms with Crippen molar-refractivity contribution in [3.8, 4) is 0 Å². The fraction of sp³-hybridized carbons (Fsp3) is 0.941. The first kappa shape index (κ1) is 17.9. The van der Waals surface area contributed by atoms with Gasteiger partial charge in [-0.2, -0.15) is 11.8 Å². The molecule has 128 valence electrons. The minimum absolute atomic E-state index is 0.521. The van der Waals surface area contributed by atoms with Crippen molar-refractivity contribution >= 4 is 17.7 Å². The molecule has 5 heteroatoms. The third-order valence-electron chi connectivity index (χ3n) is 4.80. The molecule has 0 bridgehead atoms. The zero-order valence-electron chi connectivity index (χ0n) is 14.3. The van der Waals surface area contributed by atoms with Crippen LogP contribution in [0.5, 0.6) is 0 Å². The summed E-state index contributed by atoms with van der Waals surface area (Å²) in [6, 6.07) is 0.585. The highest BCUT2D eigenvalue weighted by atomic mass is 32.2. The van der Waals surface area contributed by atoms with E-state index in [4.69, 9.17) is 4.74 Å². The van der Waals surface area contributed by atoms with E-state index < -0.39 is 0 Å². The van der Waals surface area contributed by atoms with Gasteiger partial charge in [-0.25, -0.2) is 0 Å². The van der Waals surface area contributed by atoms with E-state index in [1.807, 2.05) is 18.8 Å². The van der Waals surface area contributed by atoms with Gasteiger partial charge in [-0.3, -0.25) is 4.99 Å². The minimum atomic E-state index is 0.521. The van der Waals surface area contributed by atoms with E-state index in [-0.39, 0.29) is 0 Å². The molecule has 0 heterocycles. The molecule has 2 N–H and O–H groups in total. The molecule has 2 aliphatic carbocycles. The number of hydrogen-bond donors (Lipinski definition) is 2. The highest BCUT2D eigenvalue weighted by Crippen LogP contribution is 2.28. The van der Waals surface area contributed by atoms with Crippen LogP contribution in [-0.4, -0.2) is 49.8 Å². The van der Waals surface area contributed by atoms with Crippen LogP contribution in [0.15, 0.2) is 4.99 Å². The number of guanidine groups is 1. The summed E-state index contributed by atoms with van der Waals surface area (Å²) >= 11 is 1.99. The zero-order valence-corrected chi connectivity index (χ0v) is 15.1. The van der Waals surface area contributed by atoms with Crippen LogP contribution in [-0.2, 0) is 4.74 Å². The summed E-state index contributed by atoms with van der Waals surface area (Å²) in [7, 11) is 1.86. The summed E-state index contributed by atoms with van der Waals surface area (Å²) in [5, 5.41) is 7.79. The van der Waals surface area contributed by atoms with Gasteiger partial charge in [0.2, 0.25) is 0 Å². The van der Waals surface area contributed by atoms with Crippen LogP contribution in [0.4, 0.5) is 0 Å². The van der Waals surface area contributed by atoms with Crippen LogP contribution in [0.3, 0.4) is 0 Å². The Morgan fingerprint density at radius 3 is 2.68 bits per heavy atom. The van der Waals surface area contributed by atoms with Crippen molar-refractivity contribution in [1.29, 1.82) is 0 Å². The second-order valence-electron chi connectivity index (χ2n) is 6.50. The van der Waals surface area contributed by atoms with Gasteiger partial charge in [0.25, 0.3) is 0 Å². The molecular formula is C17H33N3OS. The third-order valence-corrected chi connectivity index (χ3v) is 5.90. The Morgan fingerprint density at radius 1 is 1.18 bits per heavy atom. The minimum Gasteiger partial charge on any atom is -0.378 e. The van der Waals surface area contributed by atoms with Gasteiger partial charge < -0.3 is 15.4 Å². The molecule has 0 aromatic carbocycles. The Bertz CT molecular complexity index is 332. The van der Waals surface area contributed by atoms with Crippen molar-refractivity contribution in [2.75, 3.05) is 26.5 Å². The number of hydrogen-bond acceptors (Lipinski definition) is 3. The number of thioether (sulfide) groups is 1. The molecule has 2 atom stereocenters. The predicted molar refractivity (Wildman–Crippen MR) is 96.9 cm³/mol. The Balaban J connectivity index is 1.53. The van der Waals surface area contributed by atoms with Gasteiger partial charge in [0.1, 0.15) is 0 Å². The standard InChI is InChI=1S/C17H33N3OS/c1-18-17(20-14-9-10-16(13-14)22-2)19-11-6-12-21-15-7-4-3-5-8-15/h14-16H,3-13H2,1-2H3,(H2,18,19,20). The van der Waals surface area contributed by atoms with E-state index in [0.29, 0.717) is 12.1 Å². The van der Waals surface area contributed by atoms with Crippen LogP contribution in [0.25, 0.3) is 0 Å². The summed E-state index contributed by atoms with van der Waals surface area (Å²) in [6.45, 7) is 1.80. The second kappa shape index (κ2) is 10.4. The molecule has 0 radical (unpaired) electrons. The predicted octanol–water partition coefficient (Wildman–Crippen LogP) is 3.17. The molecular weight excluding hydrogens is 294 g/mol. The Kier molecular flexibility index (Phi) is 8.45. The fourth-order valence-corrected chi connectivity index (χ4v) is 4.23. The molecule has 2 saturated carbocycles. The second-order valence-corrected chi connectivity index (χ2v) is 7.63. The Labute approximate surface area is 140 Å². The van der Waals surface area contributed by atoms with E-state index in [2.05, 4.69) is 21.9 Å². The van der Waals surface area contributed by atoms with E-state index in [9.17, 15) is 0 Å². The normalized spacial score (nSPS) is 27.1. The highest BCUT2D eigenvalue weighted by molar-refractivity contribution is 7.99. The molecule has 2 unspecified atom stereocenters. The zero-order chi connectivity index (χ0) is 15.6. The number of nitrogens with one attached hydrogen (secondary N) is 2. The summed E-state index contributed by atoms with van der Waals surface area (Å²) in [5.74, 6) is 0.949. The van der Waals surface area contributed by atoms with Crippen LogP contribution in [0.2, 0.25) is 0 Å². The van der Waals surface area contributed by atoms with Crippen molar-refractivity contribution < 1.29 is 4.74 Å². The van der Waals surface area contributed by atoms with Crippen LogP contribution >= 0.6 is 11.8 Å². The fourth-order valence-electron chi connectivity index (χ4n) is 3.43. The summed E-state index contributed by atoms with van der Waals surface area (Å²) in [4.78, 5) is 4.34. The maximum absolute atomic E-state index is 5.96. The monoisotopic (exact) mass is 327 g/mol. The lowest BCUT2D eigenvalue weighted by Crippen LogP contribution is -2.43. The average molecular weight is 328 g/mol. The molecule has 0 aliphatic heterocycles. The van der Waals surface area contributed by atoms with Crippen molar-refractivity contribution in [3.63, 3.8) is 0 Å². The van der Waals surface area contributed by atoms with Gasteiger partial charge in [0.05, 0.1) is 6.10 Å². The maximum Gasteiger partial charge on any atom is 0.191 e. The topological polar surface area (TPSA) is 45.7 Å². The quantitative estimate of drug-likeness (QED) is 0.428. The lowest BCUT2D eigenvalue weighted by Gasteiger charge is -2.22. The van der Waals surface area contributed by atoms with E-state index in [1.54, 1.807) is 0 Å². The van der Waals surface area contributed by atoms with Crippen LogP contribution < -0.4 is 10.6 Å². The van der Waals surface area contributed by atoms with Crippen LogP contribution in [0, 0.1) is 0 Å². The average Bonchev–Trinajstić information content (AvgIpc) is 3.02. The van der Waals surface area contributed by atoms with Crippen molar-refractivity contribution in [2.45, 2.75) is 75.2 Å². The molecule has 2 rings (SSSR count). The molecule has 0 spiro atoms. The smallest absolute Gasteiger partial charge is 0.191 e. The molecule has 0 aromatic rings. The summed E-state index contributed by atoms with van der Waals surface area (Å²) < 4.78 is 5.96. The van der Waals surface area contributed by atoms with Gasteiger partial charge in [0.15, 0.2) is 5.96 Å². The van der Waals surface area contributed by atoms with Gasteiger partial charge >= 0.3 is 0 Å².